The Hall–Kier alpha value is -3.39. The fourth-order valence-corrected chi connectivity index (χ4v) is 2.64. The summed E-state index contributed by atoms with van der Waals surface area (Å²) < 4.78 is 18.5. The van der Waals surface area contributed by atoms with E-state index in [1.165, 1.54) is 24.5 Å². The van der Waals surface area contributed by atoms with Gasteiger partial charge in [-0.15, -0.1) is 0 Å². The third-order valence-corrected chi connectivity index (χ3v) is 4.29. The number of nitrogens with one attached hydrogen (secondary N) is 2. The quantitative estimate of drug-likeness (QED) is 0.446. The molecule has 4 N–H and O–H groups in total. The molecule has 9 heteroatoms. The van der Waals surface area contributed by atoms with Crippen LogP contribution in [0.25, 0.3) is 0 Å². The molecule has 0 saturated heterocycles. The monoisotopic (exact) mass is 429 g/mol. The number of nitrogens with zero attached hydrogens (tertiary/aromatic N) is 2. The first kappa shape index (κ1) is 21.3. The van der Waals surface area contributed by atoms with Gasteiger partial charge < -0.3 is 21.1 Å². The molecule has 1 aromatic heterocycles. The molecular weight excluding hydrogens is 409 g/mol. The second-order valence-corrected chi connectivity index (χ2v) is 7.34. The minimum Gasteiger partial charge on any atom is -0.462 e. The molecule has 3 aromatic rings. The largest absolute Gasteiger partial charge is 0.462 e. The van der Waals surface area contributed by atoms with E-state index in [9.17, 15) is 9.18 Å². The fraction of sp³-hybridized carbons (Fsp3) is 0.190. The minimum atomic E-state index is -0.517. The van der Waals surface area contributed by atoms with Crippen LogP contribution in [0.1, 0.15) is 24.2 Å². The van der Waals surface area contributed by atoms with E-state index in [0.717, 1.165) is 0 Å². The summed E-state index contributed by atoms with van der Waals surface area (Å²) in [4.78, 5) is 20.3. The average Bonchev–Trinajstić information content (AvgIpc) is 2.72. The highest BCUT2D eigenvalue weighted by Crippen LogP contribution is 2.29. The summed E-state index contributed by atoms with van der Waals surface area (Å²) in [6.45, 7) is 4.31. The first-order valence-electron chi connectivity index (χ1n) is 9.20. The Labute approximate surface area is 178 Å². The molecule has 7 nitrogen and oxygen atoms in total. The van der Waals surface area contributed by atoms with E-state index in [4.69, 9.17) is 22.1 Å². The van der Waals surface area contributed by atoms with Gasteiger partial charge in [-0.05, 0) is 48.4 Å². The third kappa shape index (κ3) is 5.36. The number of benzene rings is 2. The van der Waals surface area contributed by atoms with Crippen molar-refractivity contribution in [2.45, 2.75) is 13.8 Å². The van der Waals surface area contributed by atoms with Crippen LogP contribution in [0, 0.1) is 11.7 Å². The van der Waals surface area contributed by atoms with Gasteiger partial charge in [0.25, 0.3) is 0 Å². The molecular formula is C21H21ClFN5O2. The number of rotatable bonds is 7. The second kappa shape index (κ2) is 9.41. The maximum atomic E-state index is 13.3. The molecule has 156 valence electrons. The lowest BCUT2D eigenvalue weighted by molar-refractivity contribution is 0.0459. The van der Waals surface area contributed by atoms with Gasteiger partial charge >= 0.3 is 5.97 Å². The van der Waals surface area contributed by atoms with Crippen molar-refractivity contribution in [1.29, 1.82) is 0 Å². The predicted molar refractivity (Wildman–Crippen MR) is 116 cm³/mol. The zero-order valence-electron chi connectivity index (χ0n) is 16.4. The molecule has 0 radical (unpaired) electrons. The Morgan fingerprint density at radius 1 is 1.10 bits per heavy atom. The van der Waals surface area contributed by atoms with E-state index in [1.54, 1.807) is 24.3 Å². The van der Waals surface area contributed by atoms with E-state index in [-0.39, 0.29) is 22.6 Å². The molecule has 0 amide bonds. The van der Waals surface area contributed by atoms with Gasteiger partial charge in [-0.25, -0.2) is 19.2 Å². The Morgan fingerprint density at radius 3 is 2.30 bits per heavy atom. The van der Waals surface area contributed by atoms with Gasteiger partial charge in [0.1, 0.15) is 17.8 Å². The summed E-state index contributed by atoms with van der Waals surface area (Å²) >= 11 is 5.80. The van der Waals surface area contributed by atoms with Crippen molar-refractivity contribution >= 4 is 46.3 Å². The number of nitrogen functional groups attached to an aromatic ring is 1. The van der Waals surface area contributed by atoms with Gasteiger partial charge in [0.2, 0.25) is 0 Å². The molecule has 1 heterocycles. The smallest absolute Gasteiger partial charge is 0.338 e. The lowest BCUT2D eigenvalue weighted by Crippen LogP contribution is -2.10. The van der Waals surface area contributed by atoms with Crippen LogP contribution in [0.4, 0.5) is 33.1 Å². The molecule has 0 atom stereocenters. The van der Waals surface area contributed by atoms with Gasteiger partial charge in [-0.3, -0.25) is 0 Å². The molecule has 30 heavy (non-hydrogen) atoms. The molecule has 0 unspecified atom stereocenters. The van der Waals surface area contributed by atoms with Crippen LogP contribution < -0.4 is 16.4 Å². The SMILES string of the molecule is CC(C)COC(=O)c1ccc(Nc2ncnc(Nc3ccc(F)c(Cl)c3)c2N)cc1. The van der Waals surface area contributed by atoms with Crippen molar-refractivity contribution < 1.29 is 13.9 Å². The predicted octanol–water partition coefficient (Wildman–Crippen LogP) is 5.15. The minimum absolute atomic E-state index is 0.0158. The topological polar surface area (TPSA) is 102 Å². The summed E-state index contributed by atoms with van der Waals surface area (Å²) in [6, 6.07) is 11.0. The van der Waals surface area contributed by atoms with Crippen LogP contribution in [-0.4, -0.2) is 22.5 Å². The highest BCUT2D eigenvalue weighted by atomic mass is 35.5. The van der Waals surface area contributed by atoms with Gasteiger partial charge in [0.15, 0.2) is 11.6 Å². The number of aromatic nitrogens is 2. The number of hydrogen-bond donors (Lipinski definition) is 3. The van der Waals surface area contributed by atoms with Crippen LogP contribution in [0.2, 0.25) is 5.02 Å². The lowest BCUT2D eigenvalue weighted by atomic mass is 10.2. The number of carbonyl (C=O) groups is 1. The van der Waals surface area contributed by atoms with E-state index in [2.05, 4.69) is 20.6 Å². The molecule has 0 spiro atoms. The van der Waals surface area contributed by atoms with Crippen LogP contribution in [0.3, 0.4) is 0 Å². The highest BCUT2D eigenvalue weighted by Gasteiger charge is 2.11. The standard InChI is InChI=1S/C21H21ClFN5O2/c1-12(2)10-30-21(29)13-3-5-14(6-4-13)27-19-18(24)20(26-11-25-19)28-15-7-8-17(23)16(22)9-15/h3-9,11-12H,10,24H2,1-2H3,(H2,25,26,27,28). The average molecular weight is 430 g/mol. The fourth-order valence-electron chi connectivity index (χ4n) is 2.46. The van der Waals surface area contributed by atoms with Crippen LogP contribution >= 0.6 is 11.6 Å². The Bertz CT molecular complexity index is 1040. The number of nitrogens with two attached hydrogens (primary N) is 1. The summed E-state index contributed by atoms with van der Waals surface area (Å²) in [6.07, 6.45) is 1.34. The molecule has 0 fully saturated rings. The number of halogens is 2. The number of hydrogen-bond acceptors (Lipinski definition) is 7. The second-order valence-electron chi connectivity index (χ2n) is 6.93. The van der Waals surface area contributed by atoms with Crippen molar-refractivity contribution in [3.8, 4) is 0 Å². The van der Waals surface area contributed by atoms with E-state index in [1.807, 2.05) is 13.8 Å². The first-order valence-corrected chi connectivity index (χ1v) is 9.58. The van der Waals surface area contributed by atoms with Gasteiger partial charge in [0, 0.05) is 11.4 Å². The third-order valence-electron chi connectivity index (χ3n) is 4.00. The molecule has 0 saturated carbocycles. The summed E-state index contributed by atoms with van der Waals surface area (Å²) in [7, 11) is 0. The van der Waals surface area contributed by atoms with Crippen LogP contribution in [0.15, 0.2) is 48.8 Å². The van der Waals surface area contributed by atoms with Crippen molar-refractivity contribution in [3.63, 3.8) is 0 Å². The van der Waals surface area contributed by atoms with E-state index in [0.29, 0.717) is 35.2 Å². The lowest BCUT2D eigenvalue weighted by Gasteiger charge is -2.13. The maximum absolute atomic E-state index is 13.3. The molecule has 0 bridgehead atoms. The Kier molecular flexibility index (Phi) is 6.68. The first-order chi connectivity index (χ1) is 14.3. The molecule has 3 rings (SSSR count). The zero-order valence-corrected chi connectivity index (χ0v) is 17.2. The maximum Gasteiger partial charge on any atom is 0.338 e. The van der Waals surface area contributed by atoms with Crippen molar-refractivity contribution in [1.82, 2.24) is 9.97 Å². The van der Waals surface area contributed by atoms with Gasteiger partial charge in [-0.1, -0.05) is 25.4 Å². The van der Waals surface area contributed by atoms with E-state index < -0.39 is 5.82 Å². The Morgan fingerprint density at radius 2 is 1.70 bits per heavy atom. The van der Waals surface area contributed by atoms with Gasteiger partial charge in [-0.2, -0.15) is 0 Å². The molecule has 0 aliphatic rings. The zero-order chi connectivity index (χ0) is 21.7. The number of ether oxygens (including phenoxy) is 1. The van der Waals surface area contributed by atoms with Crippen LogP contribution in [0.5, 0.6) is 0 Å². The number of esters is 1. The summed E-state index contributed by atoms with van der Waals surface area (Å²) in [5, 5.41) is 6.05. The molecule has 2 aromatic carbocycles. The van der Waals surface area contributed by atoms with Crippen molar-refractivity contribution in [2.75, 3.05) is 23.0 Å². The number of carbonyl (C=O) groups excluding carboxylic acids is 1. The van der Waals surface area contributed by atoms with Crippen molar-refractivity contribution in [2.24, 2.45) is 5.92 Å². The van der Waals surface area contributed by atoms with Crippen molar-refractivity contribution in [3.05, 3.63) is 65.2 Å². The van der Waals surface area contributed by atoms with Gasteiger partial charge in [0.05, 0.1) is 17.2 Å². The summed E-state index contributed by atoms with van der Waals surface area (Å²) in [5.41, 5.74) is 8.08. The Balaban J connectivity index is 1.72. The van der Waals surface area contributed by atoms with E-state index >= 15 is 0 Å². The molecule has 0 aliphatic carbocycles. The van der Waals surface area contributed by atoms with Crippen LogP contribution in [-0.2, 0) is 4.74 Å². The normalized spacial score (nSPS) is 10.7. The highest BCUT2D eigenvalue weighted by molar-refractivity contribution is 6.31. The molecule has 0 aliphatic heterocycles. The summed E-state index contributed by atoms with van der Waals surface area (Å²) in [5.74, 6) is 0.0854. The number of anilines is 5.